The highest BCUT2D eigenvalue weighted by Crippen LogP contribution is 2.36. The molecular weight excluding hydrogens is 545 g/mol. The summed E-state index contributed by atoms with van der Waals surface area (Å²) < 4.78 is 47.7. The fraction of sp³-hybridized carbons (Fsp3) is 0.345. The first-order valence-electron chi connectivity index (χ1n) is 12.5. The lowest BCUT2D eigenvalue weighted by Gasteiger charge is -2.52. The molecule has 1 atom stereocenters. The molecule has 0 spiro atoms. The van der Waals surface area contributed by atoms with Gasteiger partial charge in [0.1, 0.15) is 24.0 Å². The van der Waals surface area contributed by atoms with Crippen molar-refractivity contribution in [2.24, 2.45) is 5.92 Å². The second-order valence-corrected chi connectivity index (χ2v) is 10.0. The number of fused-ring (bicyclic) bond motifs is 3. The number of halogens is 4. The average Bonchev–Trinajstić information content (AvgIpc) is 2.89. The summed E-state index contributed by atoms with van der Waals surface area (Å²) in [5.74, 6) is -0.738. The maximum atomic E-state index is 14.0. The highest BCUT2D eigenvalue weighted by atomic mass is 79.9. The topological polar surface area (TPSA) is 29.5 Å². The quantitative estimate of drug-likeness (QED) is 0.406. The Morgan fingerprint density at radius 2 is 1.49 bits per heavy atom. The Hall–Kier alpha value is -2.84. The van der Waals surface area contributed by atoms with E-state index in [1.807, 2.05) is 12.1 Å². The number of carbonyl (C=O) groups is 1. The molecule has 0 radical (unpaired) electrons. The minimum Gasteiger partial charge on any atom is -1.00 e. The van der Waals surface area contributed by atoms with Crippen LogP contribution < -0.4 is 21.9 Å². The van der Waals surface area contributed by atoms with Gasteiger partial charge in [-0.3, -0.25) is 4.90 Å². The Balaban J connectivity index is 0.00000320. The van der Waals surface area contributed by atoms with Gasteiger partial charge in [0.2, 0.25) is 0 Å². The molecule has 37 heavy (non-hydrogen) atoms. The molecule has 3 aliphatic heterocycles. The number of benzene rings is 3. The molecule has 0 saturated carbocycles. The van der Waals surface area contributed by atoms with E-state index in [4.69, 9.17) is 4.74 Å². The number of ether oxygens (including phenoxy) is 1. The lowest BCUT2D eigenvalue weighted by molar-refractivity contribution is -0.945. The van der Waals surface area contributed by atoms with Crippen LogP contribution in [0, 0.1) is 23.4 Å². The summed E-state index contributed by atoms with van der Waals surface area (Å²) in [6.07, 6.45) is 2.06. The Bertz CT molecular complexity index is 1200. The first kappa shape index (κ1) is 27.2. The monoisotopic (exact) mass is 574 g/mol. The summed E-state index contributed by atoms with van der Waals surface area (Å²) in [7, 11) is 0. The predicted octanol–water partition coefficient (Wildman–Crippen LogP) is 3.10. The highest BCUT2D eigenvalue weighted by Gasteiger charge is 2.47. The highest BCUT2D eigenvalue weighted by molar-refractivity contribution is 5.87. The van der Waals surface area contributed by atoms with E-state index in [1.165, 1.54) is 41.3 Å². The Labute approximate surface area is 226 Å². The van der Waals surface area contributed by atoms with E-state index in [1.54, 1.807) is 24.3 Å². The number of quaternary nitrogens is 1. The van der Waals surface area contributed by atoms with Crippen LogP contribution in [0.1, 0.15) is 24.0 Å². The van der Waals surface area contributed by atoms with Gasteiger partial charge in [0, 0.05) is 25.2 Å². The molecule has 3 aliphatic rings. The van der Waals surface area contributed by atoms with Gasteiger partial charge in [-0.05, 0) is 53.6 Å². The molecule has 4 nitrogen and oxygen atoms in total. The second-order valence-electron chi connectivity index (χ2n) is 10.0. The lowest BCUT2D eigenvalue weighted by Crippen LogP contribution is -3.00. The van der Waals surface area contributed by atoms with E-state index in [9.17, 15) is 18.0 Å². The van der Waals surface area contributed by atoms with E-state index in [-0.39, 0.29) is 41.3 Å². The second kappa shape index (κ2) is 11.7. The molecule has 2 bridgehead atoms. The first-order chi connectivity index (χ1) is 17.4. The van der Waals surface area contributed by atoms with Gasteiger partial charge in [-0.15, -0.1) is 0 Å². The van der Waals surface area contributed by atoms with Crippen LogP contribution in [-0.2, 0) is 17.7 Å². The SMILES string of the molecule is O=C(O[C@H]1C[N+]2(CCc3ccc(F)cc3)CCC1CC2)N(Cc1ccc(F)cc1)c1cccc(F)c1.[Br-]. The Kier molecular flexibility index (Phi) is 8.60. The molecular formula is C29H30BrF3N2O2. The molecule has 8 heteroatoms. The van der Waals surface area contributed by atoms with E-state index >= 15 is 0 Å². The third kappa shape index (κ3) is 6.54. The molecule has 0 N–H and O–H groups in total. The fourth-order valence-electron chi connectivity index (χ4n) is 5.56. The van der Waals surface area contributed by atoms with Crippen LogP contribution in [0.15, 0.2) is 72.8 Å². The van der Waals surface area contributed by atoms with Gasteiger partial charge < -0.3 is 26.2 Å². The average molecular weight is 575 g/mol. The lowest BCUT2D eigenvalue weighted by atomic mass is 9.83. The molecule has 0 aromatic heterocycles. The van der Waals surface area contributed by atoms with Gasteiger partial charge in [0.15, 0.2) is 6.10 Å². The molecule has 0 aliphatic carbocycles. The van der Waals surface area contributed by atoms with Crippen molar-refractivity contribution < 1.29 is 44.2 Å². The van der Waals surface area contributed by atoms with Crippen molar-refractivity contribution in [2.75, 3.05) is 31.1 Å². The van der Waals surface area contributed by atoms with Crippen LogP contribution in [0.3, 0.4) is 0 Å². The Morgan fingerprint density at radius 1 is 0.865 bits per heavy atom. The fourth-order valence-corrected chi connectivity index (χ4v) is 5.56. The molecule has 3 aromatic carbocycles. The minimum atomic E-state index is -0.527. The normalized spacial score (nSPS) is 22.2. The van der Waals surface area contributed by atoms with Gasteiger partial charge in [-0.1, -0.05) is 30.3 Å². The number of anilines is 1. The smallest absolute Gasteiger partial charge is 0.415 e. The van der Waals surface area contributed by atoms with Crippen molar-refractivity contribution in [2.45, 2.75) is 31.9 Å². The first-order valence-corrected chi connectivity index (χ1v) is 12.5. The summed E-state index contributed by atoms with van der Waals surface area (Å²) in [4.78, 5) is 14.9. The van der Waals surface area contributed by atoms with Crippen molar-refractivity contribution in [3.8, 4) is 0 Å². The van der Waals surface area contributed by atoms with Crippen LogP contribution in [0.5, 0.6) is 0 Å². The third-order valence-corrected chi connectivity index (χ3v) is 7.68. The molecule has 3 heterocycles. The summed E-state index contributed by atoms with van der Waals surface area (Å²) in [5, 5.41) is 0. The zero-order valence-corrected chi connectivity index (χ0v) is 22.0. The Morgan fingerprint density at radius 3 is 2.11 bits per heavy atom. The van der Waals surface area contributed by atoms with Crippen molar-refractivity contribution in [1.82, 2.24) is 0 Å². The molecule has 6 rings (SSSR count). The largest absolute Gasteiger partial charge is 1.00 e. The maximum absolute atomic E-state index is 14.0. The maximum Gasteiger partial charge on any atom is 0.415 e. The molecule has 0 unspecified atom stereocenters. The van der Waals surface area contributed by atoms with Gasteiger partial charge in [0.25, 0.3) is 0 Å². The minimum absolute atomic E-state index is 0. The number of amides is 1. The van der Waals surface area contributed by atoms with Crippen LogP contribution in [0.2, 0.25) is 0 Å². The number of hydrogen-bond acceptors (Lipinski definition) is 2. The van der Waals surface area contributed by atoms with E-state index in [0.717, 1.165) is 55.5 Å². The van der Waals surface area contributed by atoms with Gasteiger partial charge in [-0.25, -0.2) is 18.0 Å². The van der Waals surface area contributed by atoms with Crippen LogP contribution in [0.25, 0.3) is 0 Å². The number of hydrogen-bond donors (Lipinski definition) is 0. The van der Waals surface area contributed by atoms with Crippen molar-refractivity contribution in [3.63, 3.8) is 0 Å². The zero-order valence-electron chi connectivity index (χ0n) is 20.5. The summed E-state index contributed by atoms with van der Waals surface area (Å²) in [6, 6.07) is 18.4. The summed E-state index contributed by atoms with van der Waals surface area (Å²) in [6.45, 7) is 3.89. The van der Waals surface area contributed by atoms with Crippen molar-refractivity contribution in [3.05, 3.63) is 101 Å². The van der Waals surface area contributed by atoms with Gasteiger partial charge >= 0.3 is 6.09 Å². The zero-order chi connectivity index (χ0) is 25.1. The molecule has 1 amide bonds. The molecule has 3 fully saturated rings. The summed E-state index contributed by atoms with van der Waals surface area (Å²) in [5.41, 5.74) is 2.21. The number of rotatable bonds is 7. The van der Waals surface area contributed by atoms with Crippen LogP contribution in [-0.4, -0.2) is 42.9 Å². The van der Waals surface area contributed by atoms with Gasteiger partial charge in [0.05, 0.1) is 31.9 Å². The number of carbonyl (C=O) groups excluding carboxylic acids is 1. The van der Waals surface area contributed by atoms with Crippen LogP contribution >= 0.6 is 0 Å². The predicted molar refractivity (Wildman–Crippen MR) is 132 cm³/mol. The van der Waals surface area contributed by atoms with Crippen molar-refractivity contribution in [1.29, 1.82) is 0 Å². The summed E-state index contributed by atoms with van der Waals surface area (Å²) >= 11 is 0. The molecule has 196 valence electrons. The molecule has 3 aromatic rings. The molecule has 3 saturated heterocycles. The van der Waals surface area contributed by atoms with Crippen LogP contribution in [0.4, 0.5) is 23.7 Å². The van der Waals surface area contributed by atoms with Gasteiger partial charge in [-0.2, -0.15) is 0 Å². The number of piperidine rings is 3. The van der Waals surface area contributed by atoms with E-state index < -0.39 is 11.9 Å². The standard InChI is InChI=1S/C29H30F3N2O2.BrH/c30-24-8-4-21(5-9-24)12-15-34-16-13-23(14-17-34)28(20-34)36-29(35)33(27-3-1-2-26(32)18-27)19-22-6-10-25(31)11-7-22;/h1-11,18,23,28H,12-17,19-20H2;1H/q+1;/p-1/t23?,28-,34?;/m0./s1. The number of nitrogens with zero attached hydrogens (tertiary/aromatic N) is 2. The van der Waals surface area contributed by atoms with E-state index in [0.29, 0.717) is 17.2 Å². The van der Waals surface area contributed by atoms with E-state index in [2.05, 4.69) is 0 Å². The van der Waals surface area contributed by atoms with Crippen molar-refractivity contribution >= 4 is 11.8 Å². The third-order valence-electron chi connectivity index (χ3n) is 7.68.